The van der Waals surface area contributed by atoms with Crippen LogP contribution in [0.5, 0.6) is 0 Å². The molecule has 1 aliphatic rings. The number of carbonyl (C=O) groups is 1. The first-order valence-electron chi connectivity index (χ1n) is 10.3. The van der Waals surface area contributed by atoms with E-state index in [0.29, 0.717) is 41.2 Å². The Labute approximate surface area is 182 Å². The number of amides is 1. The number of nitrogens with one attached hydrogen (secondary N) is 1. The number of hydrogen-bond acceptors (Lipinski definition) is 4. The number of rotatable bonds is 5. The van der Waals surface area contributed by atoms with Gasteiger partial charge in [-0.1, -0.05) is 35.9 Å². The first-order valence-corrected chi connectivity index (χ1v) is 11.7. The Morgan fingerprint density at radius 3 is 2.42 bits per heavy atom. The van der Waals surface area contributed by atoms with E-state index in [1.165, 1.54) is 4.31 Å². The average molecular weight is 439 g/mol. The van der Waals surface area contributed by atoms with Gasteiger partial charge < -0.3 is 5.32 Å². The van der Waals surface area contributed by atoms with Crippen molar-refractivity contribution in [1.29, 1.82) is 0 Å². The van der Waals surface area contributed by atoms with Crippen molar-refractivity contribution in [2.24, 2.45) is 0 Å². The van der Waals surface area contributed by atoms with E-state index in [1.807, 2.05) is 49.4 Å². The highest BCUT2D eigenvalue weighted by atomic mass is 32.2. The fraction of sp³-hybridized carbons (Fsp3) is 0.304. The molecule has 0 spiro atoms. The van der Waals surface area contributed by atoms with Gasteiger partial charge in [0.15, 0.2) is 5.82 Å². The summed E-state index contributed by atoms with van der Waals surface area (Å²) in [6.07, 6.45) is 2.88. The second kappa shape index (κ2) is 8.28. The van der Waals surface area contributed by atoms with Gasteiger partial charge in [-0.05, 0) is 56.9 Å². The lowest BCUT2D eigenvalue weighted by Crippen LogP contribution is -2.43. The van der Waals surface area contributed by atoms with Crippen molar-refractivity contribution in [2.45, 2.75) is 44.6 Å². The van der Waals surface area contributed by atoms with Crippen LogP contribution < -0.4 is 5.32 Å². The molecule has 1 unspecified atom stereocenters. The van der Waals surface area contributed by atoms with Crippen molar-refractivity contribution in [3.05, 3.63) is 71.4 Å². The largest absolute Gasteiger partial charge is 0.308 e. The number of para-hydroxylation sites is 1. The normalized spacial score (nSPS) is 17.1. The molecular formula is C23H26N4O3S. The van der Waals surface area contributed by atoms with E-state index in [2.05, 4.69) is 10.4 Å². The fourth-order valence-corrected chi connectivity index (χ4v) is 6.38. The first kappa shape index (κ1) is 21.3. The summed E-state index contributed by atoms with van der Waals surface area (Å²) < 4.78 is 29.9. The van der Waals surface area contributed by atoms with Crippen LogP contribution >= 0.6 is 0 Å². The molecule has 0 saturated carbocycles. The molecule has 4 rings (SSSR count). The Kier molecular flexibility index (Phi) is 5.68. The molecule has 1 saturated heterocycles. The molecule has 31 heavy (non-hydrogen) atoms. The standard InChI is InChI=1S/C23H26N4O3S/c1-16-14-17(2)22(18(3)15-16)31(29,30)27-12-7-10-20(27)23(28)24-21-11-13-26(25-21)19-8-5-4-6-9-19/h4-6,8-9,11,13-15,20H,7,10,12H2,1-3H3,(H,24,25,28). The summed E-state index contributed by atoms with van der Waals surface area (Å²) in [5, 5.41) is 7.18. The van der Waals surface area contributed by atoms with Crippen molar-refractivity contribution in [1.82, 2.24) is 14.1 Å². The zero-order valence-electron chi connectivity index (χ0n) is 17.9. The van der Waals surface area contributed by atoms with E-state index >= 15 is 0 Å². The summed E-state index contributed by atoms with van der Waals surface area (Å²) in [6.45, 7) is 5.87. The van der Waals surface area contributed by atoms with Gasteiger partial charge in [0, 0.05) is 18.8 Å². The first-order chi connectivity index (χ1) is 14.8. The molecule has 1 aromatic heterocycles. The monoisotopic (exact) mass is 438 g/mol. The van der Waals surface area contributed by atoms with Crippen molar-refractivity contribution in [3.63, 3.8) is 0 Å². The highest BCUT2D eigenvalue weighted by molar-refractivity contribution is 7.89. The van der Waals surface area contributed by atoms with Crippen molar-refractivity contribution < 1.29 is 13.2 Å². The summed E-state index contributed by atoms with van der Waals surface area (Å²) >= 11 is 0. The molecule has 2 heterocycles. The second-order valence-electron chi connectivity index (χ2n) is 7.97. The third kappa shape index (κ3) is 4.13. The van der Waals surface area contributed by atoms with Crippen LogP contribution in [0.25, 0.3) is 5.69 Å². The zero-order valence-corrected chi connectivity index (χ0v) is 18.7. The number of aromatic nitrogens is 2. The molecule has 3 aromatic rings. The third-order valence-electron chi connectivity index (χ3n) is 5.54. The summed E-state index contributed by atoms with van der Waals surface area (Å²) in [5.74, 6) is 0.0302. The molecule has 0 bridgehead atoms. The van der Waals surface area contributed by atoms with Gasteiger partial charge in [0.1, 0.15) is 6.04 Å². The van der Waals surface area contributed by atoms with Gasteiger partial charge in [0.2, 0.25) is 15.9 Å². The van der Waals surface area contributed by atoms with Gasteiger partial charge in [-0.3, -0.25) is 4.79 Å². The van der Waals surface area contributed by atoms with E-state index in [-0.39, 0.29) is 5.91 Å². The predicted octanol–water partition coefficient (Wildman–Crippen LogP) is 3.59. The molecule has 2 aromatic carbocycles. The number of aryl methyl sites for hydroxylation is 3. The van der Waals surface area contributed by atoms with Crippen LogP contribution in [0.2, 0.25) is 0 Å². The Bertz CT molecular complexity index is 1200. The number of benzene rings is 2. The molecule has 162 valence electrons. The zero-order chi connectivity index (χ0) is 22.2. The van der Waals surface area contributed by atoms with Gasteiger partial charge in [-0.25, -0.2) is 13.1 Å². The van der Waals surface area contributed by atoms with Gasteiger partial charge in [0.05, 0.1) is 10.6 Å². The topological polar surface area (TPSA) is 84.3 Å². The lowest BCUT2D eigenvalue weighted by atomic mass is 10.1. The smallest absolute Gasteiger partial charge is 0.244 e. The Hall–Kier alpha value is -2.97. The van der Waals surface area contributed by atoms with Crippen LogP contribution in [0.1, 0.15) is 29.5 Å². The predicted molar refractivity (Wildman–Crippen MR) is 120 cm³/mol. The van der Waals surface area contributed by atoms with E-state index < -0.39 is 16.1 Å². The van der Waals surface area contributed by atoms with Gasteiger partial charge in [-0.2, -0.15) is 9.40 Å². The molecule has 0 radical (unpaired) electrons. The van der Waals surface area contributed by atoms with E-state index in [0.717, 1.165) is 11.3 Å². The van der Waals surface area contributed by atoms with Crippen molar-refractivity contribution in [2.75, 3.05) is 11.9 Å². The maximum absolute atomic E-state index is 13.5. The molecule has 0 aliphatic carbocycles. The van der Waals surface area contributed by atoms with Gasteiger partial charge in [0.25, 0.3) is 0 Å². The second-order valence-corrected chi connectivity index (χ2v) is 9.80. The fourth-order valence-electron chi connectivity index (χ4n) is 4.31. The number of sulfonamides is 1. The Morgan fingerprint density at radius 2 is 1.74 bits per heavy atom. The summed E-state index contributed by atoms with van der Waals surface area (Å²) in [7, 11) is -3.79. The lowest BCUT2D eigenvalue weighted by molar-refractivity contribution is -0.119. The van der Waals surface area contributed by atoms with E-state index in [1.54, 1.807) is 30.8 Å². The number of hydrogen-bond donors (Lipinski definition) is 1. The van der Waals surface area contributed by atoms with Crippen LogP contribution in [0.3, 0.4) is 0 Å². The molecule has 1 N–H and O–H groups in total. The van der Waals surface area contributed by atoms with Gasteiger partial charge >= 0.3 is 0 Å². The third-order valence-corrected chi connectivity index (χ3v) is 7.75. The summed E-state index contributed by atoms with van der Waals surface area (Å²) in [6, 6.07) is 14.2. The Morgan fingerprint density at radius 1 is 1.06 bits per heavy atom. The quantitative estimate of drug-likeness (QED) is 0.660. The SMILES string of the molecule is Cc1cc(C)c(S(=O)(=O)N2CCCC2C(=O)Nc2ccn(-c3ccccc3)n2)c(C)c1. The minimum absolute atomic E-state index is 0.297. The van der Waals surface area contributed by atoms with Crippen LogP contribution in [0, 0.1) is 20.8 Å². The van der Waals surface area contributed by atoms with Crippen molar-refractivity contribution >= 4 is 21.7 Å². The summed E-state index contributed by atoms with van der Waals surface area (Å²) in [5.41, 5.74) is 3.28. The lowest BCUT2D eigenvalue weighted by Gasteiger charge is -2.25. The number of carbonyl (C=O) groups excluding carboxylic acids is 1. The van der Waals surface area contributed by atoms with E-state index in [4.69, 9.17) is 0 Å². The molecule has 8 heteroatoms. The molecule has 1 atom stereocenters. The van der Waals surface area contributed by atoms with Crippen LogP contribution in [-0.4, -0.2) is 41.0 Å². The van der Waals surface area contributed by atoms with E-state index in [9.17, 15) is 13.2 Å². The maximum atomic E-state index is 13.5. The molecule has 1 fully saturated rings. The minimum Gasteiger partial charge on any atom is -0.308 e. The molecular weight excluding hydrogens is 412 g/mol. The molecule has 1 amide bonds. The van der Waals surface area contributed by atoms with Gasteiger partial charge in [-0.15, -0.1) is 0 Å². The molecule has 1 aliphatic heterocycles. The number of nitrogens with zero attached hydrogens (tertiary/aromatic N) is 3. The Balaban J connectivity index is 1.56. The maximum Gasteiger partial charge on any atom is 0.244 e. The minimum atomic E-state index is -3.79. The number of anilines is 1. The van der Waals surface area contributed by atoms with Crippen LogP contribution in [0.15, 0.2) is 59.6 Å². The molecule has 7 nitrogen and oxygen atoms in total. The van der Waals surface area contributed by atoms with Crippen LogP contribution in [-0.2, 0) is 14.8 Å². The van der Waals surface area contributed by atoms with Crippen LogP contribution in [0.4, 0.5) is 5.82 Å². The van der Waals surface area contributed by atoms with Crippen molar-refractivity contribution in [3.8, 4) is 5.69 Å². The summed E-state index contributed by atoms with van der Waals surface area (Å²) in [4.78, 5) is 13.3. The highest BCUT2D eigenvalue weighted by Gasteiger charge is 2.40. The average Bonchev–Trinajstić information content (AvgIpc) is 3.37. The highest BCUT2D eigenvalue weighted by Crippen LogP contribution is 2.31.